The number of aromatic nitrogens is 4. The molecule has 0 fully saturated rings. The van der Waals surface area contributed by atoms with Crippen molar-refractivity contribution in [2.75, 3.05) is 0 Å². The molecule has 3 aromatic rings. The molecule has 7 heteroatoms. The summed E-state index contributed by atoms with van der Waals surface area (Å²) in [5.41, 5.74) is 1.11. The van der Waals surface area contributed by atoms with Crippen molar-refractivity contribution in [3.8, 4) is 11.5 Å². The Kier molecular flexibility index (Phi) is 2.65. The van der Waals surface area contributed by atoms with Crippen LogP contribution in [0, 0.1) is 5.82 Å². The summed E-state index contributed by atoms with van der Waals surface area (Å²) in [4.78, 5) is 12.2. The average molecular weight is 283 g/mol. The van der Waals surface area contributed by atoms with Gasteiger partial charge in [0.1, 0.15) is 27.5 Å². The van der Waals surface area contributed by atoms with Gasteiger partial charge in [-0.2, -0.15) is 0 Å². The first-order valence-electron chi connectivity index (χ1n) is 4.96. The lowest BCUT2D eigenvalue weighted by atomic mass is 10.4. The summed E-state index contributed by atoms with van der Waals surface area (Å²) < 4.78 is 14.8. The van der Waals surface area contributed by atoms with Crippen LogP contribution < -0.4 is 0 Å². The van der Waals surface area contributed by atoms with Crippen molar-refractivity contribution in [2.45, 2.75) is 0 Å². The summed E-state index contributed by atoms with van der Waals surface area (Å²) in [7, 11) is 0. The second-order valence-corrected chi connectivity index (χ2v) is 4.33. The summed E-state index contributed by atoms with van der Waals surface area (Å²) in [6.07, 6.45) is 2.84. The van der Waals surface area contributed by atoms with Crippen LogP contribution in [0.2, 0.25) is 10.3 Å². The summed E-state index contributed by atoms with van der Waals surface area (Å²) in [5, 5.41) is 0.438. The number of imidazole rings is 1. The Morgan fingerprint density at radius 3 is 2.56 bits per heavy atom. The van der Waals surface area contributed by atoms with Gasteiger partial charge < -0.3 is 0 Å². The molecule has 0 aliphatic carbocycles. The molecule has 0 saturated carbocycles. The summed E-state index contributed by atoms with van der Waals surface area (Å²) in [6, 6.07) is 4.32. The highest BCUT2D eigenvalue weighted by Gasteiger charge is 2.11. The molecule has 0 aliphatic heterocycles. The zero-order chi connectivity index (χ0) is 12.7. The van der Waals surface area contributed by atoms with Gasteiger partial charge in [-0.25, -0.2) is 19.3 Å². The molecule has 0 saturated heterocycles. The van der Waals surface area contributed by atoms with Gasteiger partial charge in [-0.15, -0.1) is 0 Å². The van der Waals surface area contributed by atoms with E-state index in [1.807, 2.05) is 0 Å². The van der Waals surface area contributed by atoms with Crippen LogP contribution in [0.1, 0.15) is 0 Å². The zero-order valence-electron chi connectivity index (χ0n) is 8.81. The molecule has 0 spiro atoms. The normalized spacial score (nSPS) is 11.1. The monoisotopic (exact) mass is 282 g/mol. The molecule has 0 radical (unpaired) electrons. The van der Waals surface area contributed by atoms with E-state index in [4.69, 9.17) is 23.2 Å². The molecule has 0 amide bonds. The van der Waals surface area contributed by atoms with Crippen LogP contribution in [-0.4, -0.2) is 19.4 Å². The minimum Gasteiger partial charge on any atom is -0.294 e. The van der Waals surface area contributed by atoms with Crippen LogP contribution in [0.25, 0.3) is 17.2 Å². The van der Waals surface area contributed by atoms with Gasteiger partial charge >= 0.3 is 0 Å². The third-order valence-corrected chi connectivity index (χ3v) is 2.75. The Morgan fingerprint density at radius 1 is 1.11 bits per heavy atom. The van der Waals surface area contributed by atoms with Crippen molar-refractivity contribution in [1.29, 1.82) is 0 Å². The van der Waals surface area contributed by atoms with Crippen molar-refractivity contribution in [1.82, 2.24) is 19.4 Å². The molecule has 90 valence electrons. The second kappa shape index (κ2) is 4.19. The van der Waals surface area contributed by atoms with E-state index < -0.39 is 0 Å². The third kappa shape index (κ3) is 1.91. The molecule has 3 rings (SSSR count). The smallest absolute Gasteiger partial charge is 0.181 e. The van der Waals surface area contributed by atoms with E-state index in [9.17, 15) is 4.39 Å². The van der Waals surface area contributed by atoms with E-state index in [-0.39, 0.29) is 16.1 Å². The molecule has 0 bridgehead atoms. The van der Waals surface area contributed by atoms with Crippen LogP contribution in [0.3, 0.4) is 0 Å². The Hall–Kier alpha value is -1.72. The zero-order valence-corrected chi connectivity index (χ0v) is 10.3. The van der Waals surface area contributed by atoms with Gasteiger partial charge in [0.2, 0.25) is 0 Å². The first kappa shape index (κ1) is 11.4. The van der Waals surface area contributed by atoms with Crippen LogP contribution >= 0.6 is 23.2 Å². The predicted octanol–water partition coefficient (Wildman–Crippen LogP) is 3.24. The number of hydrogen-bond donors (Lipinski definition) is 0. The van der Waals surface area contributed by atoms with E-state index in [2.05, 4.69) is 15.0 Å². The quantitative estimate of drug-likeness (QED) is 0.644. The van der Waals surface area contributed by atoms with Crippen molar-refractivity contribution < 1.29 is 4.39 Å². The SMILES string of the molecule is Fc1ccc2ncc(-c3nc(Cl)cc(Cl)n3)n2c1. The first-order chi connectivity index (χ1) is 8.63. The van der Waals surface area contributed by atoms with Gasteiger partial charge in [-0.3, -0.25) is 4.40 Å². The van der Waals surface area contributed by atoms with E-state index in [1.165, 1.54) is 28.9 Å². The fourth-order valence-electron chi connectivity index (χ4n) is 1.62. The van der Waals surface area contributed by atoms with Crippen LogP contribution in [0.4, 0.5) is 4.39 Å². The summed E-state index contributed by atoms with van der Waals surface area (Å²) >= 11 is 11.6. The molecule has 3 heterocycles. The Balaban J connectivity index is 2.27. The highest BCUT2D eigenvalue weighted by Crippen LogP contribution is 2.21. The number of fused-ring (bicyclic) bond motifs is 1. The number of nitrogens with zero attached hydrogens (tertiary/aromatic N) is 4. The Morgan fingerprint density at radius 2 is 1.83 bits per heavy atom. The molecule has 4 nitrogen and oxygen atoms in total. The third-order valence-electron chi connectivity index (χ3n) is 2.36. The lowest BCUT2D eigenvalue weighted by Gasteiger charge is -2.01. The fourth-order valence-corrected chi connectivity index (χ4v) is 2.05. The van der Waals surface area contributed by atoms with Gasteiger partial charge in [0.15, 0.2) is 5.82 Å². The molecule has 0 unspecified atom stereocenters. The molecule has 0 N–H and O–H groups in total. The maximum Gasteiger partial charge on any atom is 0.181 e. The maximum atomic E-state index is 13.2. The van der Waals surface area contributed by atoms with Gasteiger partial charge in [0, 0.05) is 12.3 Å². The molecule has 0 atom stereocenters. The first-order valence-corrected chi connectivity index (χ1v) is 5.72. The van der Waals surface area contributed by atoms with Gasteiger partial charge in [0.05, 0.1) is 6.20 Å². The van der Waals surface area contributed by atoms with E-state index in [1.54, 1.807) is 6.07 Å². The summed E-state index contributed by atoms with van der Waals surface area (Å²) in [6.45, 7) is 0. The fraction of sp³-hybridized carbons (Fsp3) is 0. The molecule has 0 aliphatic rings. The summed E-state index contributed by atoms with van der Waals surface area (Å²) in [5.74, 6) is -0.0829. The second-order valence-electron chi connectivity index (χ2n) is 3.56. The maximum absolute atomic E-state index is 13.2. The molecule has 3 aromatic heterocycles. The van der Waals surface area contributed by atoms with Crippen molar-refractivity contribution in [2.24, 2.45) is 0 Å². The van der Waals surface area contributed by atoms with Crippen molar-refractivity contribution in [3.63, 3.8) is 0 Å². The molecule has 0 aromatic carbocycles. The largest absolute Gasteiger partial charge is 0.294 e. The molecular weight excluding hydrogens is 278 g/mol. The highest BCUT2D eigenvalue weighted by molar-refractivity contribution is 6.33. The number of halogens is 3. The standard InChI is InChI=1S/C11H5Cl2FN4/c12-8-3-9(13)17-11(16-8)7-4-15-10-2-1-6(14)5-18(7)10/h1-5H. The lowest BCUT2D eigenvalue weighted by Crippen LogP contribution is -1.95. The Labute approximate surface area is 111 Å². The van der Waals surface area contributed by atoms with Gasteiger partial charge in [-0.1, -0.05) is 23.2 Å². The van der Waals surface area contributed by atoms with Gasteiger partial charge in [0.25, 0.3) is 0 Å². The van der Waals surface area contributed by atoms with Crippen molar-refractivity contribution in [3.05, 3.63) is 46.7 Å². The van der Waals surface area contributed by atoms with Crippen LogP contribution in [-0.2, 0) is 0 Å². The van der Waals surface area contributed by atoms with Crippen molar-refractivity contribution >= 4 is 28.8 Å². The topological polar surface area (TPSA) is 43.1 Å². The van der Waals surface area contributed by atoms with E-state index in [0.29, 0.717) is 17.2 Å². The van der Waals surface area contributed by atoms with E-state index in [0.717, 1.165) is 0 Å². The highest BCUT2D eigenvalue weighted by atomic mass is 35.5. The Bertz CT molecular complexity index is 721. The number of rotatable bonds is 1. The minimum absolute atomic E-state index is 0.219. The molecular formula is C11H5Cl2FN4. The van der Waals surface area contributed by atoms with Crippen LogP contribution in [0.15, 0.2) is 30.6 Å². The van der Waals surface area contributed by atoms with E-state index >= 15 is 0 Å². The lowest BCUT2D eigenvalue weighted by molar-refractivity contribution is 0.619. The number of pyridine rings is 1. The average Bonchev–Trinajstić information content (AvgIpc) is 2.70. The minimum atomic E-state index is -0.380. The predicted molar refractivity (Wildman–Crippen MR) is 66.2 cm³/mol. The number of hydrogen-bond acceptors (Lipinski definition) is 3. The van der Waals surface area contributed by atoms with Crippen LogP contribution in [0.5, 0.6) is 0 Å². The molecule has 18 heavy (non-hydrogen) atoms. The van der Waals surface area contributed by atoms with Gasteiger partial charge in [-0.05, 0) is 12.1 Å².